The zero-order valence-corrected chi connectivity index (χ0v) is 19.2. The van der Waals surface area contributed by atoms with E-state index in [4.69, 9.17) is 4.74 Å². The van der Waals surface area contributed by atoms with Crippen LogP contribution in [0.4, 0.5) is 0 Å². The largest absolute Gasteiger partial charge is 0.451 e. The van der Waals surface area contributed by atoms with Crippen molar-refractivity contribution >= 4 is 22.6 Å². The molecule has 1 saturated carbocycles. The summed E-state index contributed by atoms with van der Waals surface area (Å²) in [6, 6.07) is 15.1. The van der Waals surface area contributed by atoms with E-state index in [2.05, 4.69) is 5.32 Å². The summed E-state index contributed by atoms with van der Waals surface area (Å²) in [4.78, 5) is 38.7. The van der Waals surface area contributed by atoms with Gasteiger partial charge in [0, 0.05) is 24.0 Å². The summed E-state index contributed by atoms with van der Waals surface area (Å²) in [6.45, 7) is 1.62. The fourth-order valence-electron chi connectivity index (χ4n) is 4.61. The van der Waals surface area contributed by atoms with E-state index < -0.39 is 5.97 Å². The summed E-state index contributed by atoms with van der Waals surface area (Å²) in [5.74, 6) is -0.995. The Bertz CT molecular complexity index is 1220. The third-order valence-corrected chi connectivity index (χ3v) is 6.39. The highest BCUT2D eigenvalue weighted by Gasteiger charge is 2.24. The van der Waals surface area contributed by atoms with Gasteiger partial charge in [0.05, 0.1) is 0 Å². The average Bonchev–Trinajstić information content (AvgIpc) is 3.09. The van der Waals surface area contributed by atoms with Crippen molar-refractivity contribution in [2.24, 2.45) is 7.05 Å². The van der Waals surface area contributed by atoms with Gasteiger partial charge in [-0.15, -0.1) is 0 Å². The molecule has 1 aliphatic carbocycles. The van der Waals surface area contributed by atoms with Gasteiger partial charge in [-0.3, -0.25) is 9.59 Å². The number of hydrogen-bond acceptors (Lipinski definition) is 4. The van der Waals surface area contributed by atoms with Crippen LogP contribution in [0.15, 0.2) is 53.3 Å². The van der Waals surface area contributed by atoms with Crippen LogP contribution in [0.2, 0.25) is 0 Å². The number of benzene rings is 2. The molecular formula is C27H30N2O4. The number of fused-ring (bicyclic) bond motifs is 1. The van der Waals surface area contributed by atoms with Crippen LogP contribution < -0.4 is 10.9 Å². The van der Waals surface area contributed by atoms with Crippen molar-refractivity contribution in [3.05, 3.63) is 70.1 Å². The molecule has 1 fully saturated rings. The van der Waals surface area contributed by atoms with Gasteiger partial charge in [0.2, 0.25) is 0 Å². The maximum absolute atomic E-state index is 13.2. The van der Waals surface area contributed by atoms with Crippen molar-refractivity contribution in [3.8, 4) is 11.1 Å². The third kappa shape index (κ3) is 5.00. The van der Waals surface area contributed by atoms with E-state index in [1.807, 2.05) is 43.3 Å². The van der Waals surface area contributed by atoms with E-state index in [9.17, 15) is 14.4 Å². The second kappa shape index (κ2) is 10.0. The number of carbonyl (C=O) groups excluding carboxylic acids is 2. The van der Waals surface area contributed by atoms with Gasteiger partial charge in [0.15, 0.2) is 6.61 Å². The van der Waals surface area contributed by atoms with E-state index >= 15 is 0 Å². The predicted molar refractivity (Wildman–Crippen MR) is 129 cm³/mol. The lowest BCUT2D eigenvalue weighted by molar-refractivity contribution is -0.125. The minimum atomic E-state index is -0.688. The van der Waals surface area contributed by atoms with Gasteiger partial charge < -0.3 is 14.6 Å². The van der Waals surface area contributed by atoms with Crippen molar-refractivity contribution in [2.75, 3.05) is 6.61 Å². The molecule has 0 aliphatic heterocycles. The molecule has 1 aliphatic rings. The van der Waals surface area contributed by atoms with Crippen LogP contribution in [0.1, 0.15) is 54.6 Å². The number of pyridine rings is 1. The predicted octanol–water partition coefficient (Wildman–Crippen LogP) is 4.51. The summed E-state index contributed by atoms with van der Waals surface area (Å²) >= 11 is 0. The lowest BCUT2D eigenvalue weighted by atomic mass is 9.96. The molecule has 6 nitrogen and oxygen atoms in total. The van der Waals surface area contributed by atoms with Crippen LogP contribution in [0.25, 0.3) is 21.9 Å². The summed E-state index contributed by atoms with van der Waals surface area (Å²) in [7, 11) is 1.56. The van der Waals surface area contributed by atoms with Crippen LogP contribution >= 0.6 is 0 Å². The summed E-state index contributed by atoms with van der Waals surface area (Å²) in [6.07, 6.45) is 6.50. The van der Waals surface area contributed by atoms with E-state index in [0.29, 0.717) is 16.3 Å². The fraction of sp³-hybridized carbons (Fsp3) is 0.370. The van der Waals surface area contributed by atoms with Crippen molar-refractivity contribution in [1.29, 1.82) is 0 Å². The van der Waals surface area contributed by atoms with Crippen molar-refractivity contribution in [2.45, 2.75) is 51.5 Å². The van der Waals surface area contributed by atoms with Crippen LogP contribution in [0, 0.1) is 6.92 Å². The number of nitrogens with one attached hydrogen (secondary N) is 1. The molecule has 1 N–H and O–H groups in total. The number of aromatic nitrogens is 1. The molecule has 0 spiro atoms. The number of ether oxygens (including phenoxy) is 1. The lowest BCUT2D eigenvalue weighted by Crippen LogP contribution is -2.37. The SMILES string of the molecule is Cc1ccc(-c2c(C(=O)OCC(=O)NC3CCCCCC3)n(C)c(=O)c3ccccc23)cc1. The second-order valence-electron chi connectivity index (χ2n) is 8.83. The number of rotatable bonds is 5. The normalized spacial score (nSPS) is 14.6. The molecule has 33 heavy (non-hydrogen) atoms. The van der Waals surface area contributed by atoms with E-state index in [0.717, 1.165) is 36.8 Å². The highest BCUT2D eigenvalue weighted by molar-refractivity contribution is 6.07. The Kier molecular flexibility index (Phi) is 6.92. The first-order valence-corrected chi connectivity index (χ1v) is 11.6. The minimum Gasteiger partial charge on any atom is -0.451 e. The monoisotopic (exact) mass is 446 g/mol. The molecule has 6 heteroatoms. The standard InChI is InChI=1S/C27H30N2O4/c1-18-13-15-19(16-14-18)24-21-11-7-8-12-22(21)26(31)29(2)25(24)27(32)33-17-23(30)28-20-9-5-3-4-6-10-20/h7-8,11-16,20H,3-6,9-10,17H2,1-2H3,(H,28,30). The van der Waals surface area contributed by atoms with E-state index in [-0.39, 0.29) is 29.8 Å². The summed E-state index contributed by atoms with van der Waals surface area (Å²) < 4.78 is 6.75. The Labute approximate surface area is 193 Å². The summed E-state index contributed by atoms with van der Waals surface area (Å²) in [5.41, 5.74) is 2.39. The molecule has 3 aromatic rings. The topological polar surface area (TPSA) is 77.4 Å². The molecule has 1 heterocycles. The molecule has 0 unspecified atom stereocenters. The number of nitrogens with zero attached hydrogens (tertiary/aromatic N) is 1. The van der Waals surface area contributed by atoms with Crippen LogP contribution in [-0.4, -0.2) is 29.1 Å². The maximum atomic E-state index is 13.2. The van der Waals surface area contributed by atoms with Gasteiger partial charge in [0.1, 0.15) is 5.69 Å². The first-order chi connectivity index (χ1) is 16.0. The van der Waals surface area contributed by atoms with Gasteiger partial charge in [-0.05, 0) is 36.8 Å². The Morgan fingerprint density at radius 3 is 2.27 bits per heavy atom. The lowest BCUT2D eigenvalue weighted by Gasteiger charge is -2.18. The molecule has 2 aromatic carbocycles. The molecule has 0 radical (unpaired) electrons. The molecule has 0 atom stereocenters. The van der Waals surface area contributed by atoms with Crippen LogP contribution in [0.5, 0.6) is 0 Å². The number of amides is 1. The van der Waals surface area contributed by atoms with Gasteiger partial charge in [-0.2, -0.15) is 0 Å². The number of hydrogen-bond donors (Lipinski definition) is 1. The number of esters is 1. The molecule has 172 valence electrons. The molecule has 1 amide bonds. The Hall–Kier alpha value is -3.41. The van der Waals surface area contributed by atoms with Crippen molar-refractivity contribution < 1.29 is 14.3 Å². The van der Waals surface area contributed by atoms with E-state index in [1.165, 1.54) is 17.4 Å². The summed E-state index contributed by atoms with van der Waals surface area (Å²) in [5, 5.41) is 4.20. The molecular weight excluding hydrogens is 416 g/mol. The van der Waals surface area contributed by atoms with Crippen LogP contribution in [-0.2, 0) is 16.6 Å². The minimum absolute atomic E-state index is 0.131. The maximum Gasteiger partial charge on any atom is 0.356 e. The third-order valence-electron chi connectivity index (χ3n) is 6.39. The smallest absolute Gasteiger partial charge is 0.356 e. The van der Waals surface area contributed by atoms with Gasteiger partial charge >= 0.3 is 5.97 Å². The zero-order chi connectivity index (χ0) is 23.4. The molecule has 0 bridgehead atoms. The Morgan fingerprint density at radius 1 is 0.970 bits per heavy atom. The van der Waals surface area contributed by atoms with Crippen molar-refractivity contribution in [3.63, 3.8) is 0 Å². The Balaban J connectivity index is 1.65. The fourth-order valence-corrected chi connectivity index (χ4v) is 4.61. The van der Waals surface area contributed by atoms with Crippen molar-refractivity contribution in [1.82, 2.24) is 9.88 Å². The second-order valence-corrected chi connectivity index (χ2v) is 8.83. The van der Waals surface area contributed by atoms with Crippen LogP contribution in [0.3, 0.4) is 0 Å². The molecule has 1 aromatic heterocycles. The van der Waals surface area contributed by atoms with Gasteiger partial charge in [0.25, 0.3) is 11.5 Å². The number of carbonyl (C=O) groups is 2. The first-order valence-electron chi connectivity index (χ1n) is 11.6. The Morgan fingerprint density at radius 2 is 1.61 bits per heavy atom. The van der Waals surface area contributed by atoms with Gasteiger partial charge in [-0.1, -0.05) is 73.7 Å². The molecule has 0 saturated heterocycles. The molecule has 4 rings (SSSR count). The zero-order valence-electron chi connectivity index (χ0n) is 19.2. The average molecular weight is 447 g/mol. The van der Waals surface area contributed by atoms with E-state index in [1.54, 1.807) is 19.2 Å². The highest BCUT2D eigenvalue weighted by Crippen LogP contribution is 2.31. The highest BCUT2D eigenvalue weighted by atomic mass is 16.5. The first kappa shape index (κ1) is 22.8. The number of aryl methyl sites for hydroxylation is 1. The van der Waals surface area contributed by atoms with Gasteiger partial charge in [-0.25, -0.2) is 4.79 Å². The quantitative estimate of drug-likeness (QED) is 0.462.